The van der Waals surface area contributed by atoms with Gasteiger partial charge in [-0.15, -0.1) is 0 Å². The van der Waals surface area contributed by atoms with Crippen LogP contribution in [0.2, 0.25) is 0 Å². The van der Waals surface area contributed by atoms with Gasteiger partial charge in [0.1, 0.15) is 0 Å². The number of hydrogen-bond acceptors (Lipinski definition) is 3. The third kappa shape index (κ3) is 3.00. The molecule has 0 amide bonds. The molecule has 12 heavy (non-hydrogen) atoms. The Morgan fingerprint density at radius 1 is 1.92 bits per heavy atom. The van der Waals surface area contributed by atoms with Gasteiger partial charge in [-0.25, -0.2) is 9.18 Å². The molecule has 1 aliphatic heterocycles. The number of alkyl halides is 1. The van der Waals surface area contributed by atoms with Gasteiger partial charge in [-0.2, -0.15) is 0 Å². The van der Waals surface area contributed by atoms with Crippen molar-refractivity contribution >= 4 is 5.97 Å². The van der Waals surface area contributed by atoms with Crippen LogP contribution in [0.4, 0.5) is 4.39 Å². The van der Waals surface area contributed by atoms with Crippen molar-refractivity contribution in [2.75, 3.05) is 13.2 Å². The number of halogens is 1. The molecule has 0 aromatic carbocycles. The van der Waals surface area contributed by atoms with Gasteiger partial charge in [0.2, 0.25) is 6.17 Å². The van der Waals surface area contributed by atoms with Crippen molar-refractivity contribution in [1.82, 2.24) is 0 Å². The van der Waals surface area contributed by atoms with E-state index in [1.807, 2.05) is 0 Å². The topological polar surface area (TPSA) is 38.8 Å². The van der Waals surface area contributed by atoms with Crippen molar-refractivity contribution in [2.45, 2.75) is 19.2 Å². The Morgan fingerprint density at radius 3 is 3.08 bits per heavy atom. The Kier molecular flexibility index (Phi) is 3.22. The zero-order valence-electron chi connectivity index (χ0n) is 6.83. The van der Waals surface area contributed by atoms with Gasteiger partial charge in [0, 0.05) is 0 Å². The van der Waals surface area contributed by atoms with Crippen molar-refractivity contribution in [3.8, 4) is 0 Å². The first-order valence-electron chi connectivity index (χ1n) is 3.84. The van der Waals surface area contributed by atoms with Gasteiger partial charge in [-0.05, 0) is 13.0 Å². The third-order valence-electron chi connectivity index (χ3n) is 1.37. The van der Waals surface area contributed by atoms with Crippen LogP contribution in [-0.2, 0) is 14.3 Å². The smallest absolute Gasteiger partial charge is 0.344 e. The summed E-state index contributed by atoms with van der Waals surface area (Å²) in [5.41, 5.74) is 0. The Bertz CT molecular complexity index is 187. The molecule has 68 valence electrons. The molecule has 2 unspecified atom stereocenters. The van der Waals surface area contributed by atoms with E-state index in [0.29, 0.717) is 6.61 Å². The summed E-state index contributed by atoms with van der Waals surface area (Å²) in [6.07, 6.45) is 1.03. The summed E-state index contributed by atoms with van der Waals surface area (Å²) >= 11 is 0. The second-order valence-corrected chi connectivity index (χ2v) is 2.41. The minimum absolute atomic E-state index is 0.00215. The molecule has 1 rings (SSSR count). The van der Waals surface area contributed by atoms with E-state index in [-0.39, 0.29) is 12.7 Å². The van der Waals surface area contributed by atoms with Gasteiger partial charge in [-0.1, -0.05) is 6.08 Å². The van der Waals surface area contributed by atoms with Crippen LogP contribution in [0.1, 0.15) is 6.92 Å². The van der Waals surface area contributed by atoms with E-state index in [1.54, 1.807) is 6.92 Å². The van der Waals surface area contributed by atoms with Crippen LogP contribution < -0.4 is 0 Å². The summed E-state index contributed by atoms with van der Waals surface area (Å²) in [6, 6.07) is 0. The summed E-state index contributed by atoms with van der Waals surface area (Å²) in [5.74, 6) is -0.839. The Labute approximate surface area is 70.2 Å². The van der Waals surface area contributed by atoms with Crippen LogP contribution in [-0.4, -0.2) is 31.5 Å². The summed E-state index contributed by atoms with van der Waals surface area (Å²) in [6.45, 7) is 2.46. The summed E-state index contributed by atoms with van der Waals surface area (Å²) < 4.78 is 22.0. The van der Waals surface area contributed by atoms with Gasteiger partial charge in [0.05, 0.1) is 19.3 Å². The van der Waals surface area contributed by atoms with Gasteiger partial charge in [0.25, 0.3) is 0 Å². The van der Waals surface area contributed by atoms with Crippen LogP contribution in [0.3, 0.4) is 0 Å². The predicted octanol–water partition coefficient (Wildman–Crippen LogP) is 0.843. The number of carbonyl (C=O) groups excluding carboxylic acids is 1. The maximum absolute atomic E-state index is 12.8. The lowest BCUT2D eigenvalue weighted by Crippen LogP contribution is -2.16. The summed E-state index contributed by atoms with van der Waals surface area (Å²) in [7, 11) is 0. The quantitative estimate of drug-likeness (QED) is 0.360. The highest BCUT2D eigenvalue weighted by atomic mass is 19.1. The van der Waals surface area contributed by atoms with Crippen LogP contribution in [0.5, 0.6) is 0 Å². The van der Waals surface area contributed by atoms with E-state index in [0.717, 1.165) is 6.08 Å². The van der Waals surface area contributed by atoms with Crippen molar-refractivity contribution in [3.63, 3.8) is 0 Å². The van der Waals surface area contributed by atoms with Crippen LogP contribution in [0, 0.1) is 0 Å². The lowest BCUT2D eigenvalue weighted by molar-refractivity contribution is -0.147. The average molecular weight is 174 g/mol. The van der Waals surface area contributed by atoms with E-state index < -0.39 is 12.1 Å². The predicted molar refractivity (Wildman–Crippen MR) is 40.4 cm³/mol. The SMILES string of the molecule is CCOC(=O)C(F)/C=C/C1CO1. The number of epoxide rings is 1. The largest absolute Gasteiger partial charge is 0.464 e. The van der Waals surface area contributed by atoms with Crippen molar-refractivity contribution in [2.24, 2.45) is 0 Å². The summed E-state index contributed by atoms with van der Waals surface area (Å²) in [4.78, 5) is 10.7. The molecule has 0 aliphatic carbocycles. The highest BCUT2D eigenvalue weighted by molar-refractivity contribution is 5.76. The minimum Gasteiger partial charge on any atom is -0.464 e. The molecule has 0 aromatic rings. The van der Waals surface area contributed by atoms with Gasteiger partial charge < -0.3 is 9.47 Å². The fourth-order valence-electron chi connectivity index (χ4n) is 0.689. The molecule has 0 N–H and O–H groups in total. The van der Waals surface area contributed by atoms with E-state index in [2.05, 4.69) is 4.74 Å². The monoisotopic (exact) mass is 174 g/mol. The number of hydrogen-bond donors (Lipinski definition) is 0. The van der Waals surface area contributed by atoms with E-state index >= 15 is 0 Å². The molecule has 1 heterocycles. The van der Waals surface area contributed by atoms with E-state index in [4.69, 9.17) is 4.74 Å². The molecule has 0 aromatic heterocycles. The lowest BCUT2D eigenvalue weighted by Gasteiger charge is -2.01. The maximum atomic E-state index is 12.8. The standard InChI is InChI=1S/C8H11FO3/c1-2-11-8(10)7(9)4-3-6-5-12-6/h3-4,6-7H,2,5H2,1H3/b4-3+. The van der Waals surface area contributed by atoms with Crippen LogP contribution in [0.25, 0.3) is 0 Å². The maximum Gasteiger partial charge on any atom is 0.344 e. The third-order valence-corrected chi connectivity index (χ3v) is 1.37. The number of ether oxygens (including phenoxy) is 2. The first-order chi connectivity index (χ1) is 5.74. The molecular formula is C8H11FO3. The molecule has 1 aliphatic rings. The molecule has 0 bridgehead atoms. The highest BCUT2D eigenvalue weighted by Gasteiger charge is 2.21. The molecule has 1 fully saturated rings. The summed E-state index contributed by atoms with van der Waals surface area (Å²) in [5, 5.41) is 0. The fraction of sp³-hybridized carbons (Fsp3) is 0.625. The minimum atomic E-state index is -1.66. The molecule has 1 saturated heterocycles. The molecule has 0 spiro atoms. The second kappa shape index (κ2) is 4.21. The molecule has 4 heteroatoms. The van der Waals surface area contributed by atoms with Crippen molar-refractivity contribution in [1.29, 1.82) is 0 Å². The molecule has 3 nitrogen and oxygen atoms in total. The van der Waals surface area contributed by atoms with Gasteiger partial charge >= 0.3 is 5.97 Å². The van der Waals surface area contributed by atoms with Crippen molar-refractivity contribution < 1.29 is 18.7 Å². The molecule has 2 atom stereocenters. The fourth-order valence-corrected chi connectivity index (χ4v) is 0.689. The lowest BCUT2D eigenvalue weighted by atomic mass is 10.3. The number of rotatable bonds is 4. The normalized spacial score (nSPS) is 24.0. The molecule has 0 radical (unpaired) electrons. The van der Waals surface area contributed by atoms with Crippen LogP contribution in [0.15, 0.2) is 12.2 Å². The first-order valence-corrected chi connectivity index (χ1v) is 3.84. The second-order valence-electron chi connectivity index (χ2n) is 2.41. The average Bonchev–Trinajstić information content (AvgIpc) is 2.83. The molecule has 0 saturated carbocycles. The number of esters is 1. The van der Waals surface area contributed by atoms with Crippen LogP contribution >= 0.6 is 0 Å². The zero-order valence-corrected chi connectivity index (χ0v) is 6.83. The molecular weight excluding hydrogens is 163 g/mol. The number of carbonyl (C=O) groups is 1. The van der Waals surface area contributed by atoms with Gasteiger partial charge in [0.15, 0.2) is 0 Å². The first kappa shape index (κ1) is 9.19. The zero-order chi connectivity index (χ0) is 8.97. The highest BCUT2D eigenvalue weighted by Crippen LogP contribution is 2.11. The van der Waals surface area contributed by atoms with E-state index in [9.17, 15) is 9.18 Å². The van der Waals surface area contributed by atoms with E-state index in [1.165, 1.54) is 6.08 Å². The van der Waals surface area contributed by atoms with Crippen molar-refractivity contribution in [3.05, 3.63) is 12.2 Å². The Morgan fingerprint density at radius 2 is 2.58 bits per heavy atom. The van der Waals surface area contributed by atoms with Gasteiger partial charge in [-0.3, -0.25) is 0 Å². The Hall–Kier alpha value is -0.900. The Balaban J connectivity index is 2.24.